The van der Waals surface area contributed by atoms with Gasteiger partial charge in [0.1, 0.15) is 0 Å². The van der Waals surface area contributed by atoms with E-state index in [1.807, 2.05) is 18.2 Å². The molecule has 26 heavy (non-hydrogen) atoms. The van der Waals surface area contributed by atoms with Gasteiger partial charge in [0, 0.05) is 11.5 Å². The summed E-state index contributed by atoms with van der Waals surface area (Å²) in [5.41, 5.74) is 4.47. The standard InChI is InChI=1S/C22H22O4/c1-11(2)7-17-14-3-4-15-13(5-6-19(23)22(15)26)18(14)8-12-9-20(24)21(25)10-16(12)17/h3-6,8-11,14,17,23-26H,7H2,1-2H3/t14-,17-/m0/s1. The molecule has 134 valence electrons. The number of benzene rings is 2. The lowest BCUT2D eigenvalue weighted by Crippen LogP contribution is -2.21. The summed E-state index contributed by atoms with van der Waals surface area (Å²) in [7, 11) is 0. The molecule has 2 aliphatic carbocycles. The molecule has 2 aromatic rings. The van der Waals surface area contributed by atoms with Crippen molar-refractivity contribution in [1.29, 1.82) is 0 Å². The van der Waals surface area contributed by atoms with Gasteiger partial charge in [-0.1, -0.05) is 38.1 Å². The molecular formula is C22H22O4. The minimum Gasteiger partial charge on any atom is -0.504 e. The molecule has 2 atom stereocenters. The molecule has 0 aliphatic heterocycles. The van der Waals surface area contributed by atoms with Crippen LogP contribution in [0.1, 0.15) is 48.4 Å². The topological polar surface area (TPSA) is 80.9 Å². The number of aromatic hydroxyl groups is 4. The Morgan fingerprint density at radius 1 is 0.962 bits per heavy atom. The van der Waals surface area contributed by atoms with Gasteiger partial charge in [0.05, 0.1) is 0 Å². The second kappa shape index (κ2) is 5.84. The van der Waals surface area contributed by atoms with Gasteiger partial charge in [0.25, 0.3) is 0 Å². The Morgan fingerprint density at radius 3 is 2.42 bits per heavy atom. The minimum atomic E-state index is -0.137. The van der Waals surface area contributed by atoms with E-state index in [0.717, 1.165) is 28.7 Å². The Labute approximate surface area is 152 Å². The monoisotopic (exact) mass is 350 g/mol. The third-order valence-corrected chi connectivity index (χ3v) is 5.39. The number of rotatable bonds is 2. The van der Waals surface area contributed by atoms with Gasteiger partial charge in [0.15, 0.2) is 23.0 Å². The van der Waals surface area contributed by atoms with Crippen LogP contribution in [0.25, 0.3) is 17.7 Å². The molecule has 4 nitrogen and oxygen atoms in total. The van der Waals surface area contributed by atoms with Crippen molar-refractivity contribution in [3.8, 4) is 23.0 Å². The maximum atomic E-state index is 10.2. The second-order valence-electron chi connectivity index (χ2n) is 7.58. The highest BCUT2D eigenvalue weighted by Gasteiger charge is 2.35. The molecule has 0 unspecified atom stereocenters. The van der Waals surface area contributed by atoms with E-state index in [4.69, 9.17) is 0 Å². The maximum Gasteiger partial charge on any atom is 0.165 e. The third kappa shape index (κ3) is 2.45. The van der Waals surface area contributed by atoms with Gasteiger partial charge in [-0.05, 0) is 58.7 Å². The molecule has 4 N–H and O–H groups in total. The Hall–Kier alpha value is -2.88. The molecule has 0 saturated heterocycles. The molecule has 0 bridgehead atoms. The number of allylic oxidation sites excluding steroid dienone is 2. The molecule has 2 aliphatic rings. The van der Waals surface area contributed by atoms with Crippen LogP contribution in [0.3, 0.4) is 0 Å². The van der Waals surface area contributed by atoms with E-state index in [1.165, 1.54) is 6.07 Å². The molecule has 0 heterocycles. The minimum absolute atomic E-state index is 0.0999. The van der Waals surface area contributed by atoms with Crippen LogP contribution >= 0.6 is 0 Å². The maximum absolute atomic E-state index is 10.2. The normalized spacial score (nSPS) is 20.3. The summed E-state index contributed by atoms with van der Waals surface area (Å²) >= 11 is 0. The van der Waals surface area contributed by atoms with Crippen molar-refractivity contribution in [3.63, 3.8) is 0 Å². The Bertz CT molecular complexity index is 953. The zero-order valence-corrected chi connectivity index (χ0v) is 14.8. The van der Waals surface area contributed by atoms with Gasteiger partial charge in [0.2, 0.25) is 0 Å². The fraction of sp³-hybridized carbons (Fsp3) is 0.273. The van der Waals surface area contributed by atoms with Crippen molar-refractivity contribution in [2.45, 2.75) is 26.2 Å². The fourth-order valence-electron chi connectivity index (χ4n) is 4.22. The van der Waals surface area contributed by atoms with Crippen LogP contribution in [-0.2, 0) is 0 Å². The smallest absolute Gasteiger partial charge is 0.165 e. The summed E-state index contributed by atoms with van der Waals surface area (Å²) in [5.74, 6) is 0.260. The first-order valence-electron chi connectivity index (χ1n) is 8.87. The Balaban J connectivity index is 1.95. The van der Waals surface area contributed by atoms with E-state index >= 15 is 0 Å². The Morgan fingerprint density at radius 2 is 1.69 bits per heavy atom. The van der Waals surface area contributed by atoms with E-state index < -0.39 is 0 Å². The van der Waals surface area contributed by atoms with Crippen LogP contribution in [-0.4, -0.2) is 20.4 Å². The third-order valence-electron chi connectivity index (χ3n) is 5.39. The zero-order valence-electron chi connectivity index (χ0n) is 14.8. The summed E-state index contributed by atoms with van der Waals surface area (Å²) in [6.07, 6.45) is 6.87. The van der Waals surface area contributed by atoms with Gasteiger partial charge >= 0.3 is 0 Å². The molecule has 0 fully saturated rings. The molecule has 4 heteroatoms. The average molecular weight is 350 g/mol. The summed E-state index contributed by atoms with van der Waals surface area (Å²) < 4.78 is 0. The summed E-state index contributed by atoms with van der Waals surface area (Å²) in [4.78, 5) is 0. The lowest BCUT2D eigenvalue weighted by Gasteiger charge is -2.36. The first-order valence-corrected chi connectivity index (χ1v) is 8.87. The summed E-state index contributed by atoms with van der Waals surface area (Å²) in [6.45, 7) is 4.34. The van der Waals surface area contributed by atoms with E-state index in [2.05, 4.69) is 19.9 Å². The molecule has 0 amide bonds. The molecular weight excluding hydrogens is 328 g/mol. The lowest BCUT2D eigenvalue weighted by atomic mass is 9.67. The number of phenols is 4. The van der Waals surface area contributed by atoms with E-state index in [-0.39, 0.29) is 34.8 Å². The van der Waals surface area contributed by atoms with Crippen molar-refractivity contribution < 1.29 is 20.4 Å². The average Bonchev–Trinajstić information content (AvgIpc) is 2.59. The molecule has 0 spiro atoms. The number of hydrogen-bond acceptors (Lipinski definition) is 4. The predicted molar refractivity (Wildman–Crippen MR) is 102 cm³/mol. The number of fused-ring (bicyclic) bond motifs is 4. The molecule has 4 rings (SSSR count). The van der Waals surface area contributed by atoms with Crippen LogP contribution in [0.15, 0.2) is 30.3 Å². The molecule has 0 saturated carbocycles. The molecule has 0 aromatic heterocycles. The quantitative estimate of drug-likeness (QED) is 0.585. The van der Waals surface area contributed by atoms with Crippen molar-refractivity contribution in [3.05, 3.63) is 52.6 Å². The Kier molecular flexibility index (Phi) is 3.72. The number of hydrogen-bond donors (Lipinski definition) is 4. The second-order valence-corrected chi connectivity index (χ2v) is 7.58. The van der Waals surface area contributed by atoms with Crippen LogP contribution in [0, 0.1) is 11.8 Å². The summed E-state index contributed by atoms with van der Waals surface area (Å²) in [6, 6.07) is 6.60. The van der Waals surface area contributed by atoms with Crippen LogP contribution in [0.2, 0.25) is 0 Å². The van der Waals surface area contributed by atoms with Gasteiger partial charge in [-0.2, -0.15) is 0 Å². The van der Waals surface area contributed by atoms with E-state index in [9.17, 15) is 20.4 Å². The fourth-order valence-corrected chi connectivity index (χ4v) is 4.22. The van der Waals surface area contributed by atoms with Gasteiger partial charge in [-0.15, -0.1) is 0 Å². The highest BCUT2D eigenvalue weighted by Crippen LogP contribution is 2.52. The molecule has 2 aromatic carbocycles. The summed E-state index contributed by atoms with van der Waals surface area (Å²) in [5, 5.41) is 40.0. The predicted octanol–water partition coefficient (Wildman–Crippen LogP) is 4.84. The van der Waals surface area contributed by atoms with Crippen LogP contribution in [0.5, 0.6) is 23.0 Å². The number of phenolic OH excluding ortho intramolecular Hbond substituents is 4. The van der Waals surface area contributed by atoms with Gasteiger partial charge < -0.3 is 20.4 Å². The van der Waals surface area contributed by atoms with Crippen LogP contribution in [0.4, 0.5) is 0 Å². The largest absolute Gasteiger partial charge is 0.504 e. The first-order chi connectivity index (χ1) is 12.4. The van der Waals surface area contributed by atoms with E-state index in [1.54, 1.807) is 12.1 Å². The first kappa shape index (κ1) is 16.6. The SMILES string of the molecule is CC(C)C[C@@H]1c2cc(O)c(O)cc2C=C2c3ccc(O)c(O)c3C=C[C@H]21. The zero-order chi connectivity index (χ0) is 18.6. The van der Waals surface area contributed by atoms with Crippen molar-refractivity contribution in [2.24, 2.45) is 11.8 Å². The lowest BCUT2D eigenvalue weighted by molar-refractivity contribution is 0.399. The van der Waals surface area contributed by atoms with E-state index in [0.29, 0.717) is 11.5 Å². The highest BCUT2D eigenvalue weighted by atomic mass is 16.3. The van der Waals surface area contributed by atoms with Gasteiger partial charge in [-0.25, -0.2) is 0 Å². The van der Waals surface area contributed by atoms with Crippen molar-refractivity contribution >= 4 is 17.7 Å². The molecule has 0 radical (unpaired) electrons. The van der Waals surface area contributed by atoms with Crippen LogP contribution < -0.4 is 0 Å². The van der Waals surface area contributed by atoms with Crippen molar-refractivity contribution in [2.75, 3.05) is 0 Å². The van der Waals surface area contributed by atoms with Crippen molar-refractivity contribution in [1.82, 2.24) is 0 Å². The highest BCUT2D eigenvalue weighted by molar-refractivity contribution is 5.94. The van der Waals surface area contributed by atoms with Gasteiger partial charge in [-0.3, -0.25) is 0 Å².